The molecule has 8 rings (SSSR count). The zero-order valence-corrected chi connectivity index (χ0v) is 26.6. The molecule has 2 bridgehead atoms. The van der Waals surface area contributed by atoms with Crippen LogP contribution in [0.3, 0.4) is 0 Å². The van der Waals surface area contributed by atoms with E-state index < -0.39 is 7.26 Å². The minimum Gasteiger partial charge on any atom is -0.497 e. The molecule has 0 N–H and O–H groups in total. The Morgan fingerprint density at radius 1 is 0.717 bits per heavy atom. The van der Waals surface area contributed by atoms with Crippen LogP contribution < -0.4 is 36.5 Å². The molecule has 0 aliphatic carbocycles. The van der Waals surface area contributed by atoms with E-state index in [2.05, 4.69) is 102 Å². The lowest BCUT2D eigenvalue weighted by Gasteiger charge is -2.42. The number of rotatable bonds is 7. The van der Waals surface area contributed by atoms with E-state index in [4.69, 9.17) is 14.1 Å². The Balaban J connectivity index is 1.39. The molecule has 0 amide bonds. The van der Waals surface area contributed by atoms with E-state index in [9.17, 15) is 4.79 Å². The molecule has 4 heterocycles. The second-order valence-electron chi connectivity index (χ2n) is 12.2. The quantitative estimate of drug-likeness (QED) is 0.212. The zero-order valence-electron chi connectivity index (χ0n) is 25.7. The highest BCUT2D eigenvalue weighted by molar-refractivity contribution is 8.01. The number of pyridine rings is 1. The third-order valence-corrected chi connectivity index (χ3v) is 13.6. The van der Waals surface area contributed by atoms with Crippen LogP contribution in [0.5, 0.6) is 5.75 Å². The summed E-state index contributed by atoms with van der Waals surface area (Å²) in [6, 6.07) is 46.1. The van der Waals surface area contributed by atoms with E-state index in [-0.39, 0.29) is 11.5 Å². The average Bonchev–Trinajstić information content (AvgIpc) is 3.56. The first kappa shape index (κ1) is 28.5. The summed E-state index contributed by atoms with van der Waals surface area (Å²) in [6.07, 6.45) is 1.06. The van der Waals surface area contributed by atoms with Crippen LogP contribution in [0.1, 0.15) is 18.0 Å². The Morgan fingerprint density at radius 2 is 1.33 bits per heavy atom. The number of hydrogen-bond donors (Lipinski definition) is 0. The first-order valence-electron chi connectivity index (χ1n) is 15.8. The van der Waals surface area contributed by atoms with Gasteiger partial charge in [0.2, 0.25) is 5.89 Å². The molecule has 4 aromatic carbocycles. The van der Waals surface area contributed by atoms with Crippen molar-refractivity contribution in [1.29, 1.82) is 0 Å². The summed E-state index contributed by atoms with van der Waals surface area (Å²) < 4.78 is 14.4. The van der Waals surface area contributed by atoms with Crippen molar-refractivity contribution in [3.8, 4) is 17.2 Å². The molecule has 2 aliphatic rings. The van der Waals surface area contributed by atoms with Gasteiger partial charge in [0.25, 0.3) is 16.9 Å². The largest absolute Gasteiger partial charge is 0.497 e. The van der Waals surface area contributed by atoms with Crippen LogP contribution >= 0.6 is 7.26 Å². The molecular formula is C39H35N3O3P+. The van der Waals surface area contributed by atoms with Crippen molar-refractivity contribution in [2.45, 2.75) is 18.9 Å². The van der Waals surface area contributed by atoms with Gasteiger partial charge in [-0.15, -0.1) is 0 Å². The summed E-state index contributed by atoms with van der Waals surface area (Å²) in [4.78, 5) is 20.8. The van der Waals surface area contributed by atoms with E-state index in [1.165, 1.54) is 15.9 Å². The number of ether oxygens (including phenoxy) is 1. The van der Waals surface area contributed by atoms with Crippen LogP contribution in [0.4, 0.5) is 5.88 Å². The van der Waals surface area contributed by atoms with E-state index >= 15 is 0 Å². The average molecular weight is 625 g/mol. The molecule has 7 heteroatoms. The van der Waals surface area contributed by atoms with Crippen LogP contribution in [0.15, 0.2) is 143 Å². The number of fused-ring (bicyclic) bond motifs is 4. The highest BCUT2D eigenvalue weighted by atomic mass is 31.2. The van der Waals surface area contributed by atoms with Crippen molar-refractivity contribution >= 4 is 34.5 Å². The normalized spacial score (nSPS) is 17.4. The molecule has 0 saturated carbocycles. The summed E-state index contributed by atoms with van der Waals surface area (Å²) in [5.74, 6) is 2.74. The number of piperidine rings is 1. The van der Waals surface area contributed by atoms with Gasteiger partial charge in [-0.1, -0.05) is 60.7 Å². The van der Waals surface area contributed by atoms with Gasteiger partial charge in [-0.25, -0.2) is 0 Å². The fraction of sp³-hybridized carbons (Fsp3) is 0.179. The van der Waals surface area contributed by atoms with Gasteiger partial charge in [0, 0.05) is 42.9 Å². The molecule has 1 saturated heterocycles. The summed E-state index contributed by atoms with van der Waals surface area (Å²) in [5.41, 5.74) is 3.06. The second kappa shape index (κ2) is 11.8. The molecule has 2 aromatic heterocycles. The maximum absolute atomic E-state index is 12.8. The van der Waals surface area contributed by atoms with E-state index in [0.29, 0.717) is 18.4 Å². The Kier molecular flexibility index (Phi) is 7.31. The summed E-state index contributed by atoms with van der Waals surface area (Å²) in [7, 11) is -0.880. The molecule has 2 atom stereocenters. The van der Waals surface area contributed by atoms with Crippen LogP contribution in [0.25, 0.3) is 11.5 Å². The first-order valence-corrected chi connectivity index (χ1v) is 17.6. The third kappa shape index (κ3) is 4.76. The van der Waals surface area contributed by atoms with E-state index in [1.54, 1.807) is 13.2 Å². The van der Waals surface area contributed by atoms with Crippen molar-refractivity contribution < 1.29 is 9.15 Å². The van der Waals surface area contributed by atoms with Crippen LogP contribution in [0, 0.1) is 5.92 Å². The van der Waals surface area contributed by atoms with Gasteiger partial charge < -0.3 is 18.6 Å². The number of methoxy groups -OCH3 is 1. The monoisotopic (exact) mass is 624 g/mol. The van der Waals surface area contributed by atoms with Gasteiger partial charge >= 0.3 is 0 Å². The molecule has 0 unspecified atom stereocenters. The van der Waals surface area contributed by atoms with Gasteiger partial charge in [-0.2, -0.15) is 4.98 Å². The molecule has 6 aromatic rings. The third-order valence-electron chi connectivity index (χ3n) is 9.44. The lowest BCUT2D eigenvalue weighted by molar-refractivity contribution is 0.275. The number of oxazole rings is 1. The van der Waals surface area contributed by atoms with Crippen LogP contribution in [-0.4, -0.2) is 29.8 Å². The SMILES string of the molecule is COc1ccc(-c2nc([P+](c3ccccc3)(c3ccccc3)c3ccccc3)c(N3C[C@@H]4C[C@H](C3)c3cccc(=O)n3C4)o2)cc1. The zero-order chi connectivity index (χ0) is 31.1. The van der Waals surface area contributed by atoms with Crippen molar-refractivity contribution in [2.75, 3.05) is 25.1 Å². The van der Waals surface area contributed by atoms with Crippen LogP contribution in [-0.2, 0) is 6.54 Å². The van der Waals surface area contributed by atoms with E-state index in [1.807, 2.05) is 34.9 Å². The Morgan fingerprint density at radius 3 is 1.91 bits per heavy atom. The number of benzene rings is 4. The van der Waals surface area contributed by atoms with Gasteiger partial charge in [0.05, 0.1) is 7.11 Å². The van der Waals surface area contributed by atoms with E-state index in [0.717, 1.165) is 47.8 Å². The Bertz CT molecular complexity index is 1930. The number of anilines is 1. The number of hydrogen-bond acceptors (Lipinski definition) is 5. The lowest BCUT2D eigenvalue weighted by Crippen LogP contribution is -2.49. The number of aromatic nitrogens is 2. The molecule has 0 radical (unpaired) electrons. The molecule has 228 valence electrons. The highest BCUT2D eigenvalue weighted by Gasteiger charge is 2.54. The first-order chi connectivity index (χ1) is 22.6. The maximum atomic E-state index is 12.8. The van der Waals surface area contributed by atoms with Gasteiger partial charge in [0.15, 0.2) is 7.26 Å². The Labute approximate surface area is 269 Å². The van der Waals surface area contributed by atoms with Gasteiger partial charge in [-0.3, -0.25) is 4.79 Å². The molecule has 1 fully saturated rings. The lowest BCUT2D eigenvalue weighted by atomic mass is 9.83. The molecule has 2 aliphatic heterocycles. The smallest absolute Gasteiger partial charge is 0.262 e. The summed E-state index contributed by atoms with van der Waals surface area (Å²) >= 11 is 0. The topological polar surface area (TPSA) is 60.5 Å². The second-order valence-corrected chi connectivity index (χ2v) is 15.5. The van der Waals surface area contributed by atoms with Gasteiger partial charge in [-0.05, 0) is 79.1 Å². The summed E-state index contributed by atoms with van der Waals surface area (Å²) in [5, 5.41) is 3.66. The van der Waals surface area contributed by atoms with Gasteiger partial charge in [0.1, 0.15) is 21.7 Å². The minimum atomic E-state index is -2.56. The predicted octanol–water partition coefficient (Wildman–Crippen LogP) is 5.76. The molecule has 0 spiro atoms. The van der Waals surface area contributed by atoms with Crippen molar-refractivity contribution in [3.05, 3.63) is 150 Å². The Hall–Kier alpha value is -4.93. The minimum absolute atomic E-state index is 0.0879. The predicted molar refractivity (Wildman–Crippen MR) is 187 cm³/mol. The summed E-state index contributed by atoms with van der Waals surface area (Å²) in [6.45, 7) is 2.26. The molecule has 6 nitrogen and oxygen atoms in total. The molecular weight excluding hydrogens is 589 g/mol. The standard InChI is InChI=1S/C39H35N3O3P/c1-44-31-22-20-29(21-23-31)37-40-38(39(45-37)41-25-28-24-30(27-41)35-18-11-19-36(43)42(35)26-28)46(32-12-5-2-6-13-32,33-14-7-3-8-15-33)34-16-9-4-10-17-34/h2-23,28,30H,24-27H2,1H3/q+1/t28-,30+/m0/s1. The molecule has 46 heavy (non-hydrogen) atoms. The van der Waals surface area contributed by atoms with Crippen molar-refractivity contribution in [3.63, 3.8) is 0 Å². The highest BCUT2D eigenvalue weighted by Crippen LogP contribution is 2.56. The number of nitrogens with zero attached hydrogens (tertiary/aromatic N) is 3. The van der Waals surface area contributed by atoms with Crippen molar-refractivity contribution in [1.82, 2.24) is 9.55 Å². The van der Waals surface area contributed by atoms with Crippen LogP contribution in [0.2, 0.25) is 0 Å². The fourth-order valence-corrected chi connectivity index (χ4v) is 11.6. The fourth-order valence-electron chi connectivity index (χ4n) is 7.42. The van der Waals surface area contributed by atoms with Crippen molar-refractivity contribution in [2.24, 2.45) is 5.92 Å². The maximum Gasteiger partial charge on any atom is 0.262 e.